The van der Waals surface area contributed by atoms with E-state index in [1.807, 2.05) is 12.1 Å². The topological polar surface area (TPSA) is 127 Å². The van der Waals surface area contributed by atoms with Crippen molar-refractivity contribution in [2.75, 3.05) is 13.2 Å². The molecule has 4 aromatic heterocycles. The number of benzene rings is 1. The molecule has 0 bridgehead atoms. The average molecular weight is 438 g/mol. The summed E-state index contributed by atoms with van der Waals surface area (Å²) < 4.78 is 8.94. The number of aromatic nitrogens is 7. The molecule has 1 fully saturated rings. The molecule has 10 heteroatoms. The Labute approximate surface area is 187 Å². The summed E-state index contributed by atoms with van der Waals surface area (Å²) in [5.41, 5.74) is 4.13. The van der Waals surface area contributed by atoms with Crippen molar-refractivity contribution in [1.82, 2.24) is 34.1 Å². The zero-order chi connectivity index (χ0) is 22.4. The first-order chi connectivity index (χ1) is 16.2. The lowest BCUT2D eigenvalue weighted by Crippen LogP contribution is -2.27. The Morgan fingerprint density at radius 3 is 2.85 bits per heavy atom. The van der Waals surface area contributed by atoms with E-state index in [0.717, 1.165) is 23.9 Å². The third kappa shape index (κ3) is 3.18. The van der Waals surface area contributed by atoms with Crippen LogP contribution in [0.5, 0.6) is 0 Å². The highest BCUT2D eigenvalue weighted by Gasteiger charge is 2.24. The average Bonchev–Trinajstić information content (AvgIpc) is 3.44. The fraction of sp³-hybridized carbons (Fsp3) is 0.217. The first kappa shape index (κ1) is 19.3. The molecular weight excluding hydrogens is 420 g/mol. The number of H-pyrrole nitrogens is 1. The molecule has 1 aromatic carbocycles. The van der Waals surface area contributed by atoms with Gasteiger partial charge in [0, 0.05) is 37.2 Å². The Morgan fingerprint density at radius 2 is 2.06 bits per heavy atom. The van der Waals surface area contributed by atoms with Crippen molar-refractivity contribution < 1.29 is 4.74 Å². The predicted octanol–water partition coefficient (Wildman–Crippen LogP) is 2.74. The second-order valence-corrected chi connectivity index (χ2v) is 7.89. The van der Waals surface area contributed by atoms with Crippen molar-refractivity contribution in [2.45, 2.75) is 18.9 Å². The van der Waals surface area contributed by atoms with Gasteiger partial charge < -0.3 is 9.72 Å². The molecule has 0 atom stereocenters. The summed E-state index contributed by atoms with van der Waals surface area (Å²) in [7, 11) is 0. The molecule has 1 saturated heterocycles. The molecule has 33 heavy (non-hydrogen) atoms. The minimum Gasteiger partial charge on any atom is -0.381 e. The Morgan fingerprint density at radius 1 is 1.18 bits per heavy atom. The zero-order valence-electron chi connectivity index (χ0n) is 17.5. The molecule has 1 aliphatic rings. The van der Waals surface area contributed by atoms with Gasteiger partial charge in [0.2, 0.25) is 5.95 Å². The van der Waals surface area contributed by atoms with E-state index in [0.29, 0.717) is 47.1 Å². The monoisotopic (exact) mass is 438 g/mol. The van der Waals surface area contributed by atoms with Crippen LogP contribution < -0.4 is 5.69 Å². The van der Waals surface area contributed by atoms with Crippen molar-refractivity contribution >= 4 is 22.2 Å². The van der Waals surface area contributed by atoms with Crippen LogP contribution in [0.2, 0.25) is 0 Å². The molecule has 6 rings (SSSR count). The second kappa shape index (κ2) is 7.65. The van der Waals surface area contributed by atoms with E-state index >= 15 is 0 Å². The van der Waals surface area contributed by atoms with Gasteiger partial charge in [0.15, 0.2) is 5.65 Å². The molecule has 0 unspecified atom stereocenters. The Bertz CT molecular complexity index is 1590. The molecule has 162 valence electrons. The van der Waals surface area contributed by atoms with Crippen molar-refractivity contribution in [3.05, 3.63) is 65.1 Å². The van der Waals surface area contributed by atoms with Crippen LogP contribution in [-0.4, -0.2) is 47.3 Å². The number of nitriles is 1. The maximum absolute atomic E-state index is 13.0. The molecular formula is C23H18N8O2. The molecule has 5 heterocycles. The minimum atomic E-state index is -0.226. The summed E-state index contributed by atoms with van der Waals surface area (Å²) in [6, 6.07) is 11.1. The highest BCUT2D eigenvalue weighted by Crippen LogP contribution is 2.29. The van der Waals surface area contributed by atoms with Crippen LogP contribution >= 0.6 is 0 Å². The smallest absolute Gasteiger partial charge is 0.327 e. The van der Waals surface area contributed by atoms with E-state index in [-0.39, 0.29) is 11.7 Å². The van der Waals surface area contributed by atoms with Gasteiger partial charge in [0.25, 0.3) is 0 Å². The Kier molecular flexibility index (Phi) is 4.48. The molecule has 0 amide bonds. The lowest BCUT2D eigenvalue weighted by molar-refractivity contribution is 0.0697. The fourth-order valence-electron chi connectivity index (χ4n) is 4.33. The van der Waals surface area contributed by atoms with Gasteiger partial charge in [-0.05, 0) is 43.2 Å². The van der Waals surface area contributed by atoms with Gasteiger partial charge >= 0.3 is 5.69 Å². The molecule has 0 spiro atoms. The van der Waals surface area contributed by atoms with E-state index in [2.05, 4.69) is 21.0 Å². The first-order valence-corrected chi connectivity index (χ1v) is 10.6. The number of nitrogens with one attached hydrogen (secondary N) is 1. The number of ether oxygens (including phenoxy) is 1. The maximum Gasteiger partial charge on any atom is 0.327 e. The van der Waals surface area contributed by atoms with Gasteiger partial charge in [-0.25, -0.2) is 14.8 Å². The Hall–Kier alpha value is -4.36. The third-order valence-corrected chi connectivity index (χ3v) is 5.94. The number of rotatable bonds is 3. The first-order valence-electron chi connectivity index (χ1n) is 10.6. The number of imidazole rings is 2. The van der Waals surface area contributed by atoms with Gasteiger partial charge in [-0.3, -0.25) is 14.1 Å². The van der Waals surface area contributed by atoms with E-state index in [1.54, 1.807) is 46.1 Å². The lowest BCUT2D eigenvalue weighted by Gasteiger charge is -2.23. The molecule has 0 aliphatic carbocycles. The van der Waals surface area contributed by atoms with Gasteiger partial charge in [-0.2, -0.15) is 10.2 Å². The Balaban J connectivity index is 1.65. The summed E-state index contributed by atoms with van der Waals surface area (Å²) in [4.78, 5) is 34.3. The molecule has 1 aliphatic heterocycles. The van der Waals surface area contributed by atoms with Crippen LogP contribution in [0.15, 0.2) is 53.8 Å². The maximum atomic E-state index is 13.0. The molecule has 10 nitrogen and oxygen atoms in total. The minimum absolute atomic E-state index is 0.0192. The van der Waals surface area contributed by atoms with E-state index in [9.17, 15) is 10.1 Å². The standard InChI is InChI=1S/C23H18N8O2/c24-11-14-3-4-17-18(10-14)30(13-26-17)22-27-19(15-2-1-7-25-12-15)20-21(29-22)31(23(32)28-20)16-5-8-33-9-6-16/h1-4,7,10,12-13,16H,5-6,8-9H2,(H,28,32). The van der Waals surface area contributed by atoms with Gasteiger partial charge in [0.1, 0.15) is 17.5 Å². The number of fused-ring (bicyclic) bond motifs is 2. The van der Waals surface area contributed by atoms with E-state index in [4.69, 9.17) is 14.7 Å². The number of nitrogens with zero attached hydrogens (tertiary/aromatic N) is 7. The molecule has 0 radical (unpaired) electrons. The quantitative estimate of drug-likeness (QED) is 0.459. The summed E-state index contributed by atoms with van der Waals surface area (Å²) in [6.45, 7) is 1.19. The highest BCUT2D eigenvalue weighted by molar-refractivity contribution is 5.88. The normalized spacial score (nSPS) is 14.6. The number of aromatic amines is 1. The number of hydrogen-bond donors (Lipinski definition) is 1. The second-order valence-electron chi connectivity index (χ2n) is 7.89. The predicted molar refractivity (Wildman–Crippen MR) is 120 cm³/mol. The summed E-state index contributed by atoms with van der Waals surface area (Å²) in [6.07, 6.45) is 6.48. The largest absolute Gasteiger partial charge is 0.381 e. The number of pyridine rings is 1. The van der Waals surface area contributed by atoms with Crippen molar-refractivity contribution in [3.8, 4) is 23.3 Å². The van der Waals surface area contributed by atoms with Gasteiger partial charge in [-0.15, -0.1) is 0 Å². The zero-order valence-corrected chi connectivity index (χ0v) is 17.5. The fourth-order valence-corrected chi connectivity index (χ4v) is 4.33. The van der Waals surface area contributed by atoms with Crippen molar-refractivity contribution in [3.63, 3.8) is 0 Å². The molecule has 5 aromatic rings. The van der Waals surface area contributed by atoms with Crippen LogP contribution in [-0.2, 0) is 4.74 Å². The van der Waals surface area contributed by atoms with Gasteiger partial charge in [-0.1, -0.05) is 0 Å². The van der Waals surface area contributed by atoms with E-state index < -0.39 is 0 Å². The molecule has 0 saturated carbocycles. The van der Waals surface area contributed by atoms with Crippen molar-refractivity contribution in [2.24, 2.45) is 0 Å². The third-order valence-electron chi connectivity index (χ3n) is 5.94. The number of hydrogen-bond acceptors (Lipinski definition) is 7. The van der Waals surface area contributed by atoms with Crippen LogP contribution in [0.25, 0.3) is 39.4 Å². The van der Waals surface area contributed by atoms with Crippen LogP contribution in [0.4, 0.5) is 0 Å². The van der Waals surface area contributed by atoms with E-state index in [1.165, 1.54) is 0 Å². The lowest BCUT2D eigenvalue weighted by atomic mass is 10.1. The van der Waals surface area contributed by atoms with Gasteiger partial charge in [0.05, 0.1) is 22.7 Å². The highest BCUT2D eigenvalue weighted by atomic mass is 16.5. The SMILES string of the molecule is N#Cc1ccc2ncn(-c3nc(-c4cccnc4)c4[nH]c(=O)n(C5CCOCC5)c4n3)c2c1. The van der Waals surface area contributed by atoms with Crippen molar-refractivity contribution in [1.29, 1.82) is 5.26 Å². The summed E-state index contributed by atoms with van der Waals surface area (Å²) in [5.74, 6) is 0.360. The molecule has 1 N–H and O–H groups in total. The van der Waals surface area contributed by atoms with Crippen LogP contribution in [0.3, 0.4) is 0 Å². The van der Waals surface area contributed by atoms with Crippen LogP contribution in [0.1, 0.15) is 24.4 Å². The summed E-state index contributed by atoms with van der Waals surface area (Å²) in [5, 5.41) is 9.34. The summed E-state index contributed by atoms with van der Waals surface area (Å²) >= 11 is 0. The van der Waals surface area contributed by atoms with Crippen LogP contribution in [0, 0.1) is 11.3 Å².